The maximum atomic E-state index is 12.2. The summed E-state index contributed by atoms with van der Waals surface area (Å²) >= 11 is 0. The molecule has 1 fully saturated rings. The largest absolute Gasteiger partial charge is 0.445 e. The minimum Gasteiger partial charge on any atom is -0.445 e. The lowest BCUT2D eigenvalue weighted by atomic mass is 9.82. The van der Waals surface area contributed by atoms with E-state index in [1.165, 1.54) is 6.42 Å². The number of hydrogen-bond acceptors (Lipinski definition) is 4. The highest BCUT2D eigenvalue weighted by molar-refractivity contribution is 5.67. The first-order chi connectivity index (χ1) is 11.2. The summed E-state index contributed by atoms with van der Waals surface area (Å²) in [5.74, 6) is -0.551. The van der Waals surface area contributed by atoms with Crippen LogP contribution in [0.2, 0.25) is 0 Å². The number of carbonyl (C=O) groups excluding carboxylic acids is 1. The van der Waals surface area contributed by atoms with Crippen LogP contribution in [0.25, 0.3) is 0 Å². The van der Waals surface area contributed by atoms with Gasteiger partial charge in [0.2, 0.25) is 0 Å². The molecular formula is C18H27NO4. The molecule has 1 saturated carbocycles. The van der Waals surface area contributed by atoms with Crippen LogP contribution in [0.5, 0.6) is 0 Å². The summed E-state index contributed by atoms with van der Waals surface area (Å²) in [4.78, 5) is 12.2. The lowest BCUT2D eigenvalue weighted by molar-refractivity contribution is -0.259. The molecule has 23 heavy (non-hydrogen) atoms. The Balaban J connectivity index is 1.92. The van der Waals surface area contributed by atoms with Gasteiger partial charge in [0.1, 0.15) is 6.61 Å². The molecule has 1 N–H and O–H groups in total. The second-order valence-corrected chi connectivity index (χ2v) is 5.81. The van der Waals surface area contributed by atoms with Gasteiger partial charge >= 0.3 is 6.09 Å². The number of amides is 1. The van der Waals surface area contributed by atoms with Gasteiger partial charge in [0.05, 0.1) is 0 Å². The zero-order valence-electron chi connectivity index (χ0n) is 14.0. The summed E-state index contributed by atoms with van der Waals surface area (Å²) < 4.78 is 16.8. The SMILES string of the molecule is CCOC(CC1CCC1)(NC(=O)OCc1ccccc1)OCC. The number of benzene rings is 1. The molecule has 5 heteroatoms. The fourth-order valence-corrected chi connectivity index (χ4v) is 2.74. The standard InChI is InChI=1S/C18H27NO4/c1-3-22-18(23-4-2,13-15-11-8-12-15)19-17(20)21-14-16-9-6-5-7-10-16/h5-7,9-10,15H,3-4,8,11-14H2,1-2H3,(H,19,20). The summed E-state index contributed by atoms with van der Waals surface area (Å²) in [5.41, 5.74) is 0.945. The van der Waals surface area contributed by atoms with Crippen LogP contribution in [-0.4, -0.2) is 25.2 Å². The number of ether oxygens (including phenoxy) is 3. The fraction of sp³-hybridized carbons (Fsp3) is 0.611. The van der Waals surface area contributed by atoms with E-state index >= 15 is 0 Å². The molecule has 1 amide bonds. The van der Waals surface area contributed by atoms with Gasteiger partial charge in [0.15, 0.2) is 0 Å². The Labute approximate surface area is 138 Å². The van der Waals surface area contributed by atoms with Crippen molar-refractivity contribution in [2.45, 2.75) is 52.0 Å². The summed E-state index contributed by atoms with van der Waals surface area (Å²) in [6.07, 6.45) is 3.69. The van der Waals surface area contributed by atoms with E-state index in [9.17, 15) is 4.79 Å². The van der Waals surface area contributed by atoms with Crippen molar-refractivity contribution in [3.05, 3.63) is 35.9 Å². The van der Waals surface area contributed by atoms with Gasteiger partial charge < -0.3 is 14.2 Å². The average Bonchev–Trinajstić information content (AvgIpc) is 2.51. The third kappa shape index (κ3) is 5.52. The first kappa shape index (κ1) is 17.8. The Morgan fingerprint density at radius 3 is 2.35 bits per heavy atom. The molecule has 1 aromatic carbocycles. The lowest BCUT2D eigenvalue weighted by Gasteiger charge is -2.38. The van der Waals surface area contributed by atoms with Crippen molar-refractivity contribution in [3.63, 3.8) is 0 Å². The molecule has 1 aromatic rings. The van der Waals surface area contributed by atoms with Crippen LogP contribution in [0.1, 0.15) is 45.1 Å². The van der Waals surface area contributed by atoms with E-state index in [0.717, 1.165) is 18.4 Å². The molecule has 0 unspecified atom stereocenters. The number of hydrogen-bond donors (Lipinski definition) is 1. The Hall–Kier alpha value is -1.59. The molecule has 0 bridgehead atoms. The Morgan fingerprint density at radius 2 is 1.83 bits per heavy atom. The van der Waals surface area contributed by atoms with Crippen molar-refractivity contribution in [1.29, 1.82) is 0 Å². The van der Waals surface area contributed by atoms with E-state index in [1.54, 1.807) is 0 Å². The van der Waals surface area contributed by atoms with Gasteiger partial charge in [0.25, 0.3) is 5.91 Å². The molecular weight excluding hydrogens is 294 g/mol. The number of nitrogens with one attached hydrogen (secondary N) is 1. The smallest absolute Gasteiger partial charge is 0.411 e. The van der Waals surface area contributed by atoms with Crippen LogP contribution in [-0.2, 0) is 20.8 Å². The van der Waals surface area contributed by atoms with Crippen LogP contribution in [0.3, 0.4) is 0 Å². The van der Waals surface area contributed by atoms with E-state index in [1.807, 2.05) is 44.2 Å². The van der Waals surface area contributed by atoms with E-state index in [4.69, 9.17) is 14.2 Å². The predicted octanol–water partition coefficient (Wildman–Crippen LogP) is 3.83. The van der Waals surface area contributed by atoms with E-state index < -0.39 is 12.0 Å². The van der Waals surface area contributed by atoms with Gasteiger partial charge in [-0.05, 0) is 25.3 Å². The zero-order chi connectivity index (χ0) is 16.5. The van der Waals surface area contributed by atoms with Crippen LogP contribution < -0.4 is 5.32 Å². The maximum Gasteiger partial charge on any atom is 0.411 e. The monoisotopic (exact) mass is 321 g/mol. The Kier molecular flexibility index (Phi) is 6.86. The molecule has 5 nitrogen and oxygen atoms in total. The normalized spacial score (nSPS) is 15.0. The van der Waals surface area contributed by atoms with Crippen molar-refractivity contribution in [2.75, 3.05) is 13.2 Å². The third-order valence-electron chi connectivity index (χ3n) is 4.04. The van der Waals surface area contributed by atoms with E-state index in [2.05, 4.69) is 5.32 Å². The number of rotatable bonds is 9. The summed E-state index contributed by atoms with van der Waals surface area (Å²) in [6.45, 7) is 4.94. The summed E-state index contributed by atoms with van der Waals surface area (Å²) in [7, 11) is 0. The molecule has 128 valence electrons. The predicted molar refractivity (Wildman–Crippen MR) is 87.7 cm³/mol. The third-order valence-corrected chi connectivity index (χ3v) is 4.04. The van der Waals surface area contributed by atoms with Gasteiger partial charge in [-0.3, -0.25) is 5.32 Å². The minimum absolute atomic E-state index is 0.227. The van der Waals surface area contributed by atoms with Gasteiger partial charge in [-0.25, -0.2) is 4.79 Å². The molecule has 0 spiro atoms. The van der Waals surface area contributed by atoms with Gasteiger partial charge in [-0.15, -0.1) is 0 Å². The topological polar surface area (TPSA) is 56.8 Å². The molecule has 0 radical (unpaired) electrons. The van der Waals surface area contributed by atoms with Gasteiger partial charge in [-0.1, -0.05) is 49.6 Å². The molecule has 1 aliphatic carbocycles. The first-order valence-electron chi connectivity index (χ1n) is 8.44. The molecule has 0 aliphatic heterocycles. The second-order valence-electron chi connectivity index (χ2n) is 5.81. The number of alkyl carbamates (subject to hydrolysis) is 1. The lowest BCUT2D eigenvalue weighted by Crippen LogP contribution is -2.54. The van der Waals surface area contributed by atoms with Crippen molar-refractivity contribution in [3.8, 4) is 0 Å². The highest BCUT2D eigenvalue weighted by atomic mass is 16.7. The first-order valence-corrected chi connectivity index (χ1v) is 8.44. The van der Waals surface area contributed by atoms with E-state index in [-0.39, 0.29) is 6.61 Å². The van der Waals surface area contributed by atoms with Crippen LogP contribution in [0.4, 0.5) is 4.79 Å². The molecule has 0 heterocycles. The van der Waals surface area contributed by atoms with Crippen molar-refractivity contribution < 1.29 is 19.0 Å². The average molecular weight is 321 g/mol. The van der Waals surface area contributed by atoms with Crippen LogP contribution in [0, 0.1) is 5.92 Å². The van der Waals surface area contributed by atoms with Crippen molar-refractivity contribution in [1.82, 2.24) is 5.32 Å². The van der Waals surface area contributed by atoms with Crippen molar-refractivity contribution >= 4 is 6.09 Å². The molecule has 0 saturated heterocycles. The quantitative estimate of drug-likeness (QED) is 0.702. The molecule has 0 aromatic heterocycles. The number of carbonyl (C=O) groups is 1. The molecule has 0 atom stereocenters. The zero-order valence-corrected chi connectivity index (χ0v) is 14.0. The highest BCUT2D eigenvalue weighted by Gasteiger charge is 2.38. The minimum atomic E-state index is -1.08. The van der Waals surface area contributed by atoms with E-state index in [0.29, 0.717) is 25.6 Å². The summed E-state index contributed by atoms with van der Waals surface area (Å²) in [5, 5.41) is 2.80. The molecule has 1 aliphatic rings. The van der Waals surface area contributed by atoms with Gasteiger partial charge in [0, 0.05) is 19.6 Å². The Morgan fingerprint density at radius 1 is 1.17 bits per heavy atom. The van der Waals surface area contributed by atoms with Crippen LogP contribution in [0.15, 0.2) is 30.3 Å². The maximum absolute atomic E-state index is 12.2. The van der Waals surface area contributed by atoms with Crippen LogP contribution >= 0.6 is 0 Å². The Bertz CT molecular complexity index is 467. The second kappa shape index (κ2) is 8.89. The van der Waals surface area contributed by atoms with Crippen molar-refractivity contribution in [2.24, 2.45) is 5.92 Å². The molecule has 2 rings (SSSR count). The summed E-state index contributed by atoms with van der Waals surface area (Å²) in [6, 6.07) is 9.59. The fourth-order valence-electron chi connectivity index (χ4n) is 2.74. The van der Waals surface area contributed by atoms with Gasteiger partial charge in [-0.2, -0.15) is 0 Å². The highest BCUT2D eigenvalue weighted by Crippen LogP contribution is 2.35.